The molecule has 0 bridgehead atoms. The first-order chi connectivity index (χ1) is 54.9. The SMILES string of the molecule is C=O.CC(C)(C)OC(=O)CC[C@@H]1CCN(C(=O)c2ccc(-n3cc(-c4cc5cc(F)ccc5[nH]c4=O)nn3)cc2)C1.CC(C)(C)OC(=O)CC[C@@H]1CCNC1.CN(C)C[C@@H]1CCN(C(=O)c2ccc(-n3cc(-c4cc5cc(F)ccc5[nH]c4=O)nn3)cc2)C1.O=C(O)c1ccc(-n2cc(-c3cc4cc(F)ccc4[nH]c3=O)nn2)cc1. The fourth-order valence-corrected chi connectivity index (χ4v) is 13.6. The van der Waals surface area contributed by atoms with Gasteiger partial charge >= 0.3 is 17.9 Å². The number of carboxylic acids is 1. The molecule has 0 unspecified atom stereocenters. The molecule has 3 aliphatic rings. The largest absolute Gasteiger partial charge is 0.478 e. The lowest BCUT2D eigenvalue weighted by Gasteiger charge is -2.20. The molecule has 12 aromatic rings. The molecule has 3 fully saturated rings. The molecule has 3 saturated heterocycles. The number of carbonyl (C=O) groups excluding carboxylic acids is 5. The summed E-state index contributed by atoms with van der Waals surface area (Å²) in [6.07, 6.45) is 10.4. The van der Waals surface area contributed by atoms with Crippen molar-refractivity contribution in [2.24, 2.45) is 17.8 Å². The third kappa shape index (κ3) is 22.1. The molecular formula is C84H89F3N16O12. The molecular weight excluding hydrogens is 1480 g/mol. The van der Waals surface area contributed by atoms with Crippen LogP contribution in [-0.2, 0) is 23.9 Å². The zero-order valence-electron chi connectivity index (χ0n) is 64.9. The minimum absolute atomic E-state index is 0.0296. The van der Waals surface area contributed by atoms with E-state index in [1.165, 1.54) is 82.5 Å². The molecule has 28 nitrogen and oxygen atoms in total. The van der Waals surface area contributed by atoms with E-state index in [2.05, 4.69) is 70.2 Å². The van der Waals surface area contributed by atoms with Crippen molar-refractivity contribution in [3.05, 3.63) is 229 Å². The second-order valence-electron chi connectivity index (χ2n) is 30.5. The first-order valence-corrected chi connectivity index (χ1v) is 37.4. The number of likely N-dealkylation sites (tertiary alicyclic amines) is 2. The fraction of sp³-hybridized carbons (Fsp3) is 0.321. The Labute approximate surface area is 658 Å². The van der Waals surface area contributed by atoms with Gasteiger partial charge < -0.3 is 54.3 Å². The highest BCUT2D eigenvalue weighted by Gasteiger charge is 2.30. The van der Waals surface area contributed by atoms with Gasteiger partial charge in [0.2, 0.25) is 0 Å². The number of hydrogen-bond acceptors (Lipinski definition) is 19. The van der Waals surface area contributed by atoms with Gasteiger partial charge in [0, 0.05) is 89.4 Å². The van der Waals surface area contributed by atoms with Crippen LogP contribution in [0.4, 0.5) is 13.2 Å². The smallest absolute Gasteiger partial charge is 0.335 e. The maximum Gasteiger partial charge on any atom is 0.335 e. The molecule has 598 valence electrons. The maximum absolute atomic E-state index is 13.6. The van der Waals surface area contributed by atoms with Crippen molar-refractivity contribution in [3.8, 4) is 50.8 Å². The molecule has 6 aromatic heterocycles. The van der Waals surface area contributed by atoms with Crippen LogP contribution < -0.4 is 22.0 Å². The monoisotopic (exact) mass is 1570 g/mol. The summed E-state index contributed by atoms with van der Waals surface area (Å²) in [6.45, 7) is 19.2. The number of halogens is 3. The van der Waals surface area contributed by atoms with E-state index in [4.69, 9.17) is 19.4 Å². The number of aromatic amines is 3. The highest BCUT2D eigenvalue weighted by Crippen LogP contribution is 2.28. The average Bonchev–Trinajstić information content (AvgIpc) is 1.78. The molecule has 3 atom stereocenters. The van der Waals surface area contributed by atoms with Crippen LogP contribution in [0.25, 0.3) is 83.5 Å². The second-order valence-corrected chi connectivity index (χ2v) is 30.5. The maximum atomic E-state index is 13.6. The zero-order chi connectivity index (χ0) is 82.4. The zero-order valence-corrected chi connectivity index (χ0v) is 64.9. The number of benzene rings is 6. The topological polar surface area (TPSA) is 354 Å². The van der Waals surface area contributed by atoms with Crippen LogP contribution >= 0.6 is 0 Å². The van der Waals surface area contributed by atoms with Crippen molar-refractivity contribution in [2.75, 3.05) is 59.9 Å². The Hall–Kier alpha value is -12.9. The number of carbonyl (C=O) groups is 6. The standard InChI is InChI=1S/C29H30FN5O4.C25H25FN6O2.C18H11FN4O3.C11H21NO2.CH2O/c1-29(2,3)39-26(36)11-4-18-12-13-34(16-18)28(38)19-5-8-22(9-6-19)35-17-25(32-33-35)23-15-20-14-21(30)7-10-24(20)31-27(23)37;1-30(2)13-16-9-10-31(14-16)25(34)17-3-6-20(7-4-17)32-15-23(28-29-32)21-12-18-11-19(26)5-8-22(18)27-24(21)33;19-12-3-6-15-11(7-12)8-14(17(24)20-15)16-9-23(22-21-16)13-4-1-10(2-5-13)18(25)26;1-11(2,3)14-10(13)5-4-9-6-7-12-8-9;1-2/h5-10,14-15,17-18H,4,11-13,16H2,1-3H3,(H,31,37);3-8,11-12,15-16H,9-10,13-14H2,1-2H3,(H,27,33);1-9H,(H,20,24)(H,25,26);9,12H,4-8H2,1-3H3;1H2/t18-;16-;;9-;/m10.1./s1. The molecule has 31 heteroatoms. The lowest BCUT2D eigenvalue weighted by molar-refractivity contribution is -0.156. The molecule has 0 saturated carbocycles. The van der Waals surface area contributed by atoms with Gasteiger partial charge in [-0.05, 0) is 264 Å². The van der Waals surface area contributed by atoms with Crippen molar-refractivity contribution < 1.29 is 56.5 Å². The van der Waals surface area contributed by atoms with E-state index >= 15 is 0 Å². The van der Waals surface area contributed by atoms with E-state index < -0.39 is 23.2 Å². The number of carboxylic acid groups (broad SMARTS) is 1. The highest BCUT2D eigenvalue weighted by molar-refractivity contribution is 5.95. The molecule has 3 aliphatic heterocycles. The minimum Gasteiger partial charge on any atom is -0.478 e. The first-order valence-electron chi connectivity index (χ1n) is 37.4. The molecule has 0 aliphatic carbocycles. The number of rotatable bonds is 17. The van der Waals surface area contributed by atoms with Gasteiger partial charge in [-0.15, -0.1) is 15.3 Å². The minimum atomic E-state index is -1.02. The summed E-state index contributed by atoms with van der Waals surface area (Å²) in [5, 5.41) is 38.4. The Morgan fingerprint density at radius 3 is 1.17 bits per heavy atom. The lowest BCUT2D eigenvalue weighted by atomic mass is 10.0. The summed E-state index contributed by atoms with van der Waals surface area (Å²) >= 11 is 0. The summed E-state index contributed by atoms with van der Waals surface area (Å²) in [6, 6.07) is 37.4. The predicted octanol–water partition coefficient (Wildman–Crippen LogP) is 11.6. The van der Waals surface area contributed by atoms with Crippen LogP contribution in [0.3, 0.4) is 0 Å². The van der Waals surface area contributed by atoms with Crippen molar-refractivity contribution in [1.82, 2.24) is 80.0 Å². The molecule has 115 heavy (non-hydrogen) atoms. The number of ether oxygens (including phenoxy) is 2. The Balaban J connectivity index is 0.000000157. The number of nitrogens with one attached hydrogen (secondary N) is 4. The van der Waals surface area contributed by atoms with E-state index in [1.807, 2.05) is 58.1 Å². The van der Waals surface area contributed by atoms with Crippen molar-refractivity contribution in [2.45, 2.75) is 97.7 Å². The number of esters is 2. The number of hydrogen-bond donors (Lipinski definition) is 5. The van der Waals surface area contributed by atoms with Crippen LogP contribution in [0.1, 0.15) is 118 Å². The van der Waals surface area contributed by atoms with E-state index in [0.717, 1.165) is 52.0 Å². The Morgan fingerprint density at radius 1 is 0.487 bits per heavy atom. The molecule has 0 radical (unpaired) electrons. The van der Waals surface area contributed by atoms with Gasteiger partial charge in [-0.25, -0.2) is 32.0 Å². The predicted molar refractivity (Wildman–Crippen MR) is 426 cm³/mol. The summed E-state index contributed by atoms with van der Waals surface area (Å²) in [4.78, 5) is 120. The lowest BCUT2D eigenvalue weighted by Crippen LogP contribution is -2.30. The van der Waals surface area contributed by atoms with Gasteiger partial charge in [-0.3, -0.25) is 33.6 Å². The van der Waals surface area contributed by atoms with Crippen molar-refractivity contribution >= 4 is 69.2 Å². The molecule has 2 amide bonds. The van der Waals surface area contributed by atoms with Crippen LogP contribution in [0.2, 0.25) is 0 Å². The van der Waals surface area contributed by atoms with Gasteiger partial charge in [-0.2, -0.15) is 0 Å². The number of aromatic nitrogens is 12. The quantitative estimate of drug-likeness (QED) is 0.0529. The number of nitrogens with zero attached hydrogens (tertiary/aromatic N) is 12. The van der Waals surface area contributed by atoms with E-state index in [0.29, 0.717) is 128 Å². The molecule has 9 heterocycles. The van der Waals surface area contributed by atoms with Gasteiger partial charge in [-0.1, -0.05) is 15.6 Å². The van der Waals surface area contributed by atoms with Crippen molar-refractivity contribution in [1.29, 1.82) is 0 Å². The van der Waals surface area contributed by atoms with Gasteiger partial charge in [0.15, 0.2) is 0 Å². The second kappa shape index (κ2) is 36.7. The van der Waals surface area contributed by atoms with Crippen LogP contribution in [0, 0.1) is 35.2 Å². The third-order valence-electron chi connectivity index (χ3n) is 19.1. The highest BCUT2D eigenvalue weighted by atomic mass is 19.1. The third-order valence-corrected chi connectivity index (χ3v) is 19.1. The van der Waals surface area contributed by atoms with E-state index in [1.54, 1.807) is 102 Å². The van der Waals surface area contributed by atoms with Crippen LogP contribution in [0.15, 0.2) is 179 Å². The normalized spacial score (nSPS) is 15.3. The van der Waals surface area contributed by atoms with Crippen LogP contribution in [0.5, 0.6) is 0 Å². The molecule has 15 rings (SSSR count). The number of amides is 2. The average molecular weight is 1570 g/mol. The van der Waals surface area contributed by atoms with Crippen LogP contribution in [-0.4, -0.2) is 187 Å². The summed E-state index contributed by atoms with van der Waals surface area (Å²) in [5.74, 6) is -1.08. The van der Waals surface area contributed by atoms with Gasteiger partial charge in [0.05, 0.1) is 57.9 Å². The Morgan fingerprint density at radius 2 is 0.835 bits per heavy atom. The van der Waals surface area contributed by atoms with Crippen molar-refractivity contribution in [3.63, 3.8) is 0 Å². The summed E-state index contributed by atoms with van der Waals surface area (Å²) in [7, 11) is 4.10. The van der Waals surface area contributed by atoms with E-state index in [-0.39, 0.29) is 74.5 Å². The molecule has 5 N–H and O–H groups in total. The van der Waals surface area contributed by atoms with Gasteiger partial charge in [0.1, 0.15) is 52.5 Å². The number of H-pyrrole nitrogens is 3. The first kappa shape index (κ1) is 83.0. The molecule has 0 spiro atoms. The number of aromatic carboxylic acids is 1. The Bertz CT molecular complexity index is 5660. The fourth-order valence-electron chi connectivity index (χ4n) is 13.6. The number of pyridine rings is 3. The molecule has 6 aromatic carbocycles. The summed E-state index contributed by atoms with van der Waals surface area (Å²) < 4.78 is 55.8. The number of fused-ring (bicyclic) bond motifs is 3. The summed E-state index contributed by atoms with van der Waals surface area (Å²) in [5.41, 5.74) is 4.92. The van der Waals surface area contributed by atoms with E-state index in [9.17, 15) is 51.5 Å². The Kier molecular flexibility index (Phi) is 26.5. The van der Waals surface area contributed by atoms with Gasteiger partial charge in [0.25, 0.3) is 28.5 Å².